The number of anilines is 2. The molecule has 1 heterocycles. The number of thiazole rings is 1. The van der Waals surface area contributed by atoms with Gasteiger partial charge in [-0.05, 0) is 18.2 Å². The Balaban J connectivity index is 1.67. The van der Waals surface area contributed by atoms with Crippen LogP contribution < -0.4 is 10.6 Å². The fourth-order valence-electron chi connectivity index (χ4n) is 2.27. The highest BCUT2D eigenvalue weighted by Crippen LogP contribution is 2.30. The topological polar surface area (TPSA) is 80.3 Å². The molecule has 2 N–H and O–H groups in total. The van der Waals surface area contributed by atoms with Gasteiger partial charge >= 0.3 is 5.97 Å². The first-order valence-electron chi connectivity index (χ1n) is 7.58. The molecule has 0 aliphatic heterocycles. The molecule has 0 fully saturated rings. The van der Waals surface area contributed by atoms with Crippen LogP contribution in [-0.2, 0) is 9.53 Å². The Morgan fingerprint density at radius 3 is 2.67 bits per heavy atom. The number of carbonyl (C=O) groups is 2. The Morgan fingerprint density at radius 2 is 1.93 bits per heavy atom. The molecule has 10 heteroatoms. The number of benzene rings is 2. The predicted molar refractivity (Wildman–Crippen MR) is 94.4 cm³/mol. The van der Waals surface area contributed by atoms with E-state index in [2.05, 4.69) is 15.6 Å². The maximum Gasteiger partial charge on any atom is 0.340 e. The van der Waals surface area contributed by atoms with Gasteiger partial charge in [-0.1, -0.05) is 23.5 Å². The highest BCUT2D eigenvalue weighted by atomic mass is 32.1. The molecule has 140 valence electrons. The zero-order valence-corrected chi connectivity index (χ0v) is 14.6. The fourth-order valence-corrected chi connectivity index (χ4v) is 3.18. The summed E-state index contributed by atoms with van der Waals surface area (Å²) in [6.07, 6.45) is 0. The summed E-state index contributed by atoms with van der Waals surface area (Å²) in [4.78, 5) is 27.7. The SMILES string of the molecule is CNc1ccccc1C(=O)OCC(=O)Nc1nc2c(F)c(F)c(F)cc2s1. The quantitative estimate of drug-likeness (QED) is 0.510. The Labute approximate surface area is 155 Å². The molecule has 0 radical (unpaired) electrons. The number of amides is 1. The lowest BCUT2D eigenvalue weighted by Crippen LogP contribution is -2.21. The molecule has 0 saturated carbocycles. The molecule has 1 amide bonds. The zero-order valence-electron chi connectivity index (χ0n) is 13.8. The van der Waals surface area contributed by atoms with Crippen molar-refractivity contribution in [2.24, 2.45) is 0 Å². The lowest BCUT2D eigenvalue weighted by molar-refractivity contribution is -0.119. The maximum absolute atomic E-state index is 13.7. The van der Waals surface area contributed by atoms with Crippen molar-refractivity contribution in [2.75, 3.05) is 24.3 Å². The van der Waals surface area contributed by atoms with E-state index >= 15 is 0 Å². The lowest BCUT2D eigenvalue weighted by atomic mass is 10.2. The molecular formula is C17H12F3N3O3S. The molecule has 0 spiro atoms. The zero-order chi connectivity index (χ0) is 19.6. The summed E-state index contributed by atoms with van der Waals surface area (Å²) in [6, 6.07) is 7.37. The van der Waals surface area contributed by atoms with Crippen molar-refractivity contribution >= 4 is 44.2 Å². The average molecular weight is 395 g/mol. The van der Waals surface area contributed by atoms with Crippen LogP contribution in [0.3, 0.4) is 0 Å². The Morgan fingerprint density at radius 1 is 1.19 bits per heavy atom. The number of rotatable bonds is 5. The number of fused-ring (bicyclic) bond motifs is 1. The predicted octanol–water partition coefficient (Wildman–Crippen LogP) is 3.55. The first kappa shape index (κ1) is 18.6. The summed E-state index contributed by atoms with van der Waals surface area (Å²) >= 11 is 0.759. The molecular weight excluding hydrogens is 383 g/mol. The molecule has 0 aliphatic rings. The molecule has 2 aromatic carbocycles. The van der Waals surface area contributed by atoms with Crippen LogP contribution in [0.25, 0.3) is 10.2 Å². The van der Waals surface area contributed by atoms with Gasteiger partial charge in [0.15, 0.2) is 29.2 Å². The minimum Gasteiger partial charge on any atom is -0.452 e. The molecule has 0 unspecified atom stereocenters. The number of nitrogens with zero attached hydrogens (tertiary/aromatic N) is 1. The first-order chi connectivity index (χ1) is 12.9. The van der Waals surface area contributed by atoms with E-state index in [9.17, 15) is 22.8 Å². The van der Waals surface area contributed by atoms with Gasteiger partial charge in [0.2, 0.25) is 0 Å². The minimum atomic E-state index is -1.64. The second kappa shape index (κ2) is 7.62. The summed E-state index contributed by atoms with van der Waals surface area (Å²) in [5.41, 5.74) is 0.392. The highest BCUT2D eigenvalue weighted by Gasteiger charge is 2.19. The number of hydrogen-bond acceptors (Lipinski definition) is 6. The van der Waals surface area contributed by atoms with Crippen molar-refractivity contribution in [2.45, 2.75) is 0 Å². The van der Waals surface area contributed by atoms with E-state index in [0.717, 1.165) is 17.4 Å². The first-order valence-corrected chi connectivity index (χ1v) is 8.40. The van der Waals surface area contributed by atoms with Gasteiger partial charge in [-0.15, -0.1) is 0 Å². The maximum atomic E-state index is 13.7. The van der Waals surface area contributed by atoms with Crippen LogP contribution in [0, 0.1) is 17.5 Å². The van der Waals surface area contributed by atoms with Crippen LogP contribution in [0.4, 0.5) is 24.0 Å². The molecule has 3 aromatic rings. The highest BCUT2D eigenvalue weighted by molar-refractivity contribution is 7.22. The largest absolute Gasteiger partial charge is 0.452 e. The van der Waals surface area contributed by atoms with Crippen molar-refractivity contribution in [1.29, 1.82) is 0 Å². The van der Waals surface area contributed by atoms with E-state index in [1.165, 1.54) is 6.07 Å². The lowest BCUT2D eigenvalue weighted by Gasteiger charge is -2.08. The summed E-state index contributed by atoms with van der Waals surface area (Å²) in [5.74, 6) is -5.86. The third kappa shape index (κ3) is 3.85. The second-order valence-corrected chi connectivity index (χ2v) is 6.30. The van der Waals surface area contributed by atoms with E-state index in [4.69, 9.17) is 4.74 Å². The standard InChI is InChI=1S/C17H12F3N3O3S/c1-21-10-5-3-2-4-8(10)16(25)26-7-12(24)22-17-23-15-11(27-17)6-9(18)13(19)14(15)20/h2-6,21H,7H2,1H3,(H,22,23,24). The molecule has 6 nitrogen and oxygen atoms in total. The van der Waals surface area contributed by atoms with E-state index in [-0.39, 0.29) is 15.4 Å². The summed E-state index contributed by atoms with van der Waals surface area (Å²) in [6.45, 7) is -0.613. The molecule has 27 heavy (non-hydrogen) atoms. The van der Waals surface area contributed by atoms with Crippen molar-refractivity contribution in [3.63, 3.8) is 0 Å². The van der Waals surface area contributed by atoms with Gasteiger partial charge in [-0.25, -0.2) is 22.9 Å². The molecule has 0 saturated heterocycles. The van der Waals surface area contributed by atoms with Gasteiger partial charge in [0.1, 0.15) is 5.52 Å². The number of aromatic nitrogens is 1. The van der Waals surface area contributed by atoms with Crippen LogP contribution in [0.1, 0.15) is 10.4 Å². The number of nitrogens with one attached hydrogen (secondary N) is 2. The summed E-state index contributed by atoms with van der Waals surface area (Å²) < 4.78 is 45.1. The van der Waals surface area contributed by atoms with Crippen LogP contribution >= 0.6 is 11.3 Å². The second-order valence-electron chi connectivity index (χ2n) is 5.27. The monoisotopic (exact) mass is 395 g/mol. The fraction of sp³-hybridized carbons (Fsp3) is 0.118. The number of para-hydroxylation sites is 1. The van der Waals surface area contributed by atoms with Gasteiger partial charge in [-0.2, -0.15) is 0 Å². The number of hydrogen-bond donors (Lipinski definition) is 2. The van der Waals surface area contributed by atoms with Crippen LogP contribution in [0.2, 0.25) is 0 Å². The van der Waals surface area contributed by atoms with E-state index < -0.39 is 41.5 Å². The Hall–Kier alpha value is -3.14. The molecule has 0 bridgehead atoms. The van der Waals surface area contributed by atoms with Gasteiger partial charge in [-0.3, -0.25) is 10.1 Å². The van der Waals surface area contributed by atoms with E-state index in [1.54, 1.807) is 25.2 Å². The van der Waals surface area contributed by atoms with Crippen LogP contribution in [0.15, 0.2) is 30.3 Å². The average Bonchev–Trinajstić information content (AvgIpc) is 3.06. The van der Waals surface area contributed by atoms with Gasteiger partial charge in [0.05, 0.1) is 10.3 Å². The van der Waals surface area contributed by atoms with Gasteiger partial charge in [0, 0.05) is 12.7 Å². The Bertz CT molecular complexity index is 1040. The number of carbonyl (C=O) groups excluding carboxylic acids is 2. The van der Waals surface area contributed by atoms with E-state index in [0.29, 0.717) is 5.69 Å². The van der Waals surface area contributed by atoms with Crippen molar-refractivity contribution in [3.05, 3.63) is 53.3 Å². The summed E-state index contributed by atoms with van der Waals surface area (Å²) in [7, 11) is 1.64. The Kier molecular flexibility index (Phi) is 5.26. The molecule has 0 aliphatic carbocycles. The number of halogens is 3. The molecule has 1 aromatic heterocycles. The van der Waals surface area contributed by atoms with Gasteiger partial charge in [0.25, 0.3) is 5.91 Å². The summed E-state index contributed by atoms with van der Waals surface area (Å²) in [5, 5.41) is 5.05. The molecule has 0 atom stereocenters. The van der Waals surface area contributed by atoms with Crippen LogP contribution in [-0.4, -0.2) is 30.5 Å². The number of esters is 1. The third-order valence-corrected chi connectivity index (χ3v) is 4.44. The van der Waals surface area contributed by atoms with E-state index in [1.807, 2.05) is 0 Å². The third-order valence-electron chi connectivity index (χ3n) is 3.52. The van der Waals surface area contributed by atoms with Crippen LogP contribution in [0.5, 0.6) is 0 Å². The van der Waals surface area contributed by atoms with Gasteiger partial charge < -0.3 is 10.1 Å². The molecule has 3 rings (SSSR count). The van der Waals surface area contributed by atoms with Crippen molar-refractivity contribution < 1.29 is 27.5 Å². The smallest absolute Gasteiger partial charge is 0.340 e. The number of ether oxygens (including phenoxy) is 1. The minimum absolute atomic E-state index is 0.0293. The van der Waals surface area contributed by atoms with Crippen molar-refractivity contribution in [1.82, 2.24) is 4.98 Å². The normalized spacial score (nSPS) is 10.7. The van der Waals surface area contributed by atoms with Crippen molar-refractivity contribution in [3.8, 4) is 0 Å².